The first-order chi connectivity index (χ1) is 8.06. The molecule has 1 aromatic carbocycles. The summed E-state index contributed by atoms with van der Waals surface area (Å²) in [5.74, 6) is 0.000363. The van der Waals surface area contributed by atoms with Crippen molar-refractivity contribution < 1.29 is 4.79 Å². The van der Waals surface area contributed by atoms with Gasteiger partial charge in [0, 0.05) is 11.7 Å². The van der Waals surface area contributed by atoms with Crippen molar-refractivity contribution in [2.75, 3.05) is 11.1 Å². The Balaban J connectivity index is 1.96. The maximum Gasteiger partial charge on any atom is 0.242 e. The zero-order valence-corrected chi connectivity index (χ0v) is 10.4. The lowest BCUT2D eigenvalue weighted by atomic mass is 10.2. The van der Waals surface area contributed by atoms with Crippen molar-refractivity contribution in [3.05, 3.63) is 23.2 Å². The van der Waals surface area contributed by atoms with Crippen LogP contribution in [0.15, 0.2) is 18.2 Å². The van der Waals surface area contributed by atoms with E-state index in [9.17, 15) is 4.79 Å². The molecule has 0 spiro atoms. The summed E-state index contributed by atoms with van der Waals surface area (Å²) in [5.41, 5.74) is 6.93. The molecule has 1 aromatic rings. The van der Waals surface area contributed by atoms with Crippen LogP contribution in [0.5, 0.6) is 0 Å². The average Bonchev–Trinajstić information content (AvgIpc) is 3.06. The molecule has 1 atom stereocenters. The molecule has 1 fully saturated rings. The molecule has 0 heterocycles. The van der Waals surface area contributed by atoms with Crippen molar-refractivity contribution in [1.29, 1.82) is 0 Å². The van der Waals surface area contributed by atoms with Crippen molar-refractivity contribution in [3.8, 4) is 0 Å². The molecule has 1 saturated carbocycles. The van der Waals surface area contributed by atoms with E-state index < -0.39 is 0 Å². The molecule has 0 saturated heterocycles. The molecule has 1 amide bonds. The molecule has 92 valence electrons. The molecule has 4 N–H and O–H groups in total. The number of anilines is 2. The van der Waals surface area contributed by atoms with Crippen LogP contribution in [0.1, 0.15) is 19.8 Å². The highest BCUT2D eigenvalue weighted by Crippen LogP contribution is 2.25. The standard InChI is InChI=1S/C12H16ClN3O/c1-7(12(17)16-9-3-4-9)15-11-5-2-8(14)6-10(11)13/h2,5-7,9,15H,3-4,14H2,1H3,(H,16,17). The molecule has 0 radical (unpaired) electrons. The fraction of sp³-hybridized carbons (Fsp3) is 0.417. The Morgan fingerprint density at radius 3 is 2.82 bits per heavy atom. The molecule has 1 aliphatic carbocycles. The summed E-state index contributed by atoms with van der Waals surface area (Å²) in [7, 11) is 0. The highest BCUT2D eigenvalue weighted by Gasteiger charge is 2.25. The number of nitrogens with one attached hydrogen (secondary N) is 2. The molecular weight excluding hydrogens is 238 g/mol. The Bertz CT molecular complexity index is 432. The molecule has 1 aliphatic rings. The van der Waals surface area contributed by atoms with Gasteiger partial charge in [-0.2, -0.15) is 0 Å². The number of hydrogen-bond acceptors (Lipinski definition) is 3. The summed E-state index contributed by atoms with van der Waals surface area (Å²) in [6, 6.07) is 5.25. The molecule has 0 aromatic heterocycles. The third kappa shape index (κ3) is 3.27. The lowest BCUT2D eigenvalue weighted by molar-refractivity contribution is -0.121. The van der Waals surface area contributed by atoms with Gasteiger partial charge in [0.05, 0.1) is 10.7 Å². The van der Waals surface area contributed by atoms with E-state index in [0.29, 0.717) is 16.8 Å². The van der Waals surface area contributed by atoms with E-state index in [1.807, 2.05) is 6.92 Å². The highest BCUT2D eigenvalue weighted by atomic mass is 35.5. The van der Waals surface area contributed by atoms with E-state index in [0.717, 1.165) is 18.5 Å². The normalized spacial score (nSPS) is 16.4. The predicted molar refractivity (Wildman–Crippen MR) is 70.1 cm³/mol. The number of hydrogen-bond donors (Lipinski definition) is 3. The van der Waals surface area contributed by atoms with Gasteiger partial charge in [-0.25, -0.2) is 0 Å². The van der Waals surface area contributed by atoms with Crippen molar-refractivity contribution in [1.82, 2.24) is 5.32 Å². The van der Waals surface area contributed by atoms with Gasteiger partial charge in [0.15, 0.2) is 0 Å². The quantitative estimate of drug-likeness (QED) is 0.719. The number of nitrogens with two attached hydrogens (primary N) is 1. The van der Waals surface area contributed by atoms with Crippen LogP contribution >= 0.6 is 11.6 Å². The van der Waals surface area contributed by atoms with E-state index in [1.165, 1.54) is 0 Å². The van der Waals surface area contributed by atoms with Gasteiger partial charge in [-0.15, -0.1) is 0 Å². The Morgan fingerprint density at radius 2 is 2.24 bits per heavy atom. The van der Waals surface area contributed by atoms with E-state index in [2.05, 4.69) is 10.6 Å². The van der Waals surface area contributed by atoms with Crippen LogP contribution in [0, 0.1) is 0 Å². The Labute approximate surface area is 106 Å². The molecule has 4 nitrogen and oxygen atoms in total. The molecule has 2 rings (SSSR count). The highest BCUT2D eigenvalue weighted by molar-refractivity contribution is 6.33. The number of amides is 1. The van der Waals surface area contributed by atoms with E-state index in [4.69, 9.17) is 17.3 Å². The van der Waals surface area contributed by atoms with Crippen molar-refractivity contribution >= 4 is 28.9 Å². The SMILES string of the molecule is CC(Nc1ccc(N)cc1Cl)C(=O)NC1CC1. The van der Waals surface area contributed by atoms with E-state index in [-0.39, 0.29) is 11.9 Å². The number of carbonyl (C=O) groups is 1. The predicted octanol–water partition coefficient (Wildman–Crippen LogP) is 2.00. The van der Waals surface area contributed by atoms with Crippen LogP contribution < -0.4 is 16.4 Å². The summed E-state index contributed by atoms with van der Waals surface area (Å²) in [5, 5.41) is 6.53. The number of benzene rings is 1. The van der Waals surface area contributed by atoms with Crippen LogP contribution in [-0.4, -0.2) is 18.0 Å². The topological polar surface area (TPSA) is 67.1 Å². The molecular formula is C12H16ClN3O. The largest absolute Gasteiger partial charge is 0.399 e. The Hall–Kier alpha value is -1.42. The van der Waals surface area contributed by atoms with Gasteiger partial charge in [-0.05, 0) is 38.0 Å². The van der Waals surface area contributed by atoms with Crippen molar-refractivity contribution in [3.63, 3.8) is 0 Å². The molecule has 1 unspecified atom stereocenters. The third-order valence-electron chi connectivity index (χ3n) is 2.68. The van der Waals surface area contributed by atoms with E-state index >= 15 is 0 Å². The van der Waals surface area contributed by atoms with Gasteiger partial charge in [-0.1, -0.05) is 11.6 Å². The molecule has 5 heteroatoms. The van der Waals surface area contributed by atoms with Crippen LogP contribution in [0.25, 0.3) is 0 Å². The summed E-state index contributed by atoms with van der Waals surface area (Å²) in [6.07, 6.45) is 2.17. The van der Waals surface area contributed by atoms with Gasteiger partial charge in [0.2, 0.25) is 5.91 Å². The van der Waals surface area contributed by atoms with Crippen molar-refractivity contribution in [2.45, 2.75) is 31.8 Å². The lowest BCUT2D eigenvalue weighted by Gasteiger charge is -2.16. The van der Waals surface area contributed by atoms with Gasteiger partial charge >= 0.3 is 0 Å². The van der Waals surface area contributed by atoms with Crippen LogP contribution in [0.3, 0.4) is 0 Å². The smallest absolute Gasteiger partial charge is 0.242 e. The second-order valence-electron chi connectivity index (χ2n) is 4.39. The first-order valence-corrected chi connectivity index (χ1v) is 6.06. The second-order valence-corrected chi connectivity index (χ2v) is 4.80. The van der Waals surface area contributed by atoms with Gasteiger partial charge in [0.25, 0.3) is 0 Å². The first kappa shape index (κ1) is 12.0. The Kier molecular flexibility index (Phi) is 3.43. The zero-order chi connectivity index (χ0) is 12.4. The monoisotopic (exact) mass is 253 g/mol. The third-order valence-corrected chi connectivity index (χ3v) is 2.99. The van der Waals surface area contributed by atoms with Gasteiger partial charge < -0.3 is 16.4 Å². The maximum absolute atomic E-state index is 11.7. The minimum absolute atomic E-state index is 0.000363. The van der Waals surface area contributed by atoms with Gasteiger partial charge in [0.1, 0.15) is 6.04 Å². The average molecular weight is 254 g/mol. The van der Waals surface area contributed by atoms with Crippen LogP contribution in [0.4, 0.5) is 11.4 Å². The number of halogens is 1. The number of carbonyl (C=O) groups excluding carboxylic acids is 1. The minimum atomic E-state index is -0.309. The first-order valence-electron chi connectivity index (χ1n) is 5.68. The fourth-order valence-corrected chi connectivity index (χ4v) is 1.74. The number of nitrogen functional groups attached to an aromatic ring is 1. The van der Waals surface area contributed by atoms with Crippen molar-refractivity contribution in [2.24, 2.45) is 0 Å². The maximum atomic E-state index is 11.7. The summed E-state index contributed by atoms with van der Waals surface area (Å²) < 4.78 is 0. The van der Waals surface area contributed by atoms with Crippen LogP contribution in [0.2, 0.25) is 5.02 Å². The molecule has 0 bridgehead atoms. The lowest BCUT2D eigenvalue weighted by Crippen LogP contribution is -2.38. The second kappa shape index (κ2) is 4.84. The molecule has 0 aliphatic heterocycles. The number of rotatable bonds is 4. The summed E-state index contributed by atoms with van der Waals surface area (Å²) in [4.78, 5) is 11.7. The van der Waals surface area contributed by atoms with E-state index in [1.54, 1.807) is 18.2 Å². The van der Waals surface area contributed by atoms with Crippen LogP contribution in [-0.2, 0) is 4.79 Å². The minimum Gasteiger partial charge on any atom is -0.399 e. The van der Waals surface area contributed by atoms with Gasteiger partial charge in [-0.3, -0.25) is 4.79 Å². The summed E-state index contributed by atoms with van der Waals surface area (Å²) in [6.45, 7) is 1.81. The summed E-state index contributed by atoms with van der Waals surface area (Å²) >= 11 is 6.02. The fourth-order valence-electron chi connectivity index (χ4n) is 1.50. The zero-order valence-electron chi connectivity index (χ0n) is 9.66. The Morgan fingerprint density at radius 1 is 1.53 bits per heavy atom. The molecule has 17 heavy (non-hydrogen) atoms.